The molecule has 156 valence electrons. The lowest BCUT2D eigenvalue weighted by molar-refractivity contribution is -0.120. The van der Waals surface area contributed by atoms with Crippen LogP contribution in [0.2, 0.25) is 0 Å². The number of anilines is 1. The van der Waals surface area contributed by atoms with E-state index in [1.165, 1.54) is 0 Å². The predicted molar refractivity (Wildman–Crippen MR) is 112 cm³/mol. The van der Waals surface area contributed by atoms with E-state index < -0.39 is 15.9 Å². The third-order valence-corrected chi connectivity index (χ3v) is 5.77. The number of fused-ring (bicyclic) bond motifs is 1. The summed E-state index contributed by atoms with van der Waals surface area (Å²) in [5.41, 5.74) is 1.56. The monoisotopic (exact) mass is 418 g/mol. The van der Waals surface area contributed by atoms with E-state index in [2.05, 4.69) is 19.2 Å². The molecule has 3 rings (SSSR count). The maximum atomic E-state index is 12.4. The molecular weight excluding hydrogens is 392 g/mol. The van der Waals surface area contributed by atoms with Crippen molar-refractivity contribution in [1.29, 1.82) is 0 Å². The van der Waals surface area contributed by atoms with Crippen LogP contribution in [0.25, 0.3) is 0 Å². The second kappa shape index (κ2) is 8.73. The van der Waals surface area contributed by atoms with E-state index in [-0.39, 0.29) is 19.2 Å². The number of benzene rings is 2. The highest BCUT2D eigenvalue weighted by molar-refractivity contribution is 7.92. The van der Waals surface area contributed by atoms with Crippen LogP contribution < -0.4 is 19.1 Å². The number of carbonyl (C=O) groups is 1. The van der Waals surface area contributed by atoms with E-state index in [9.17, 15) is 13.2 Å². The Labute approximate surface area is 171 Å². The minimum absolute atomic E-state index is 0.219. The second-order valence-electron chi connectivity index (χ2n) is 7.32. The van der Waals surface area contributed by atoms with Gasteiger partial charge in [-0.2, -0.15) is 0 Å². The van der Waals surface area contributed by atoms with Gasteiger partial charge in [-0.1, -0.05) is 38.1 Å². The van der Waals surface area contributed by atoms with Gasteiger partial charge < -0.3 is 14.8 Å². The molecular formula is C21H26N2O5S. The summed E-state index contributed by atoms with van der Waals surface area (Å²) in [5, 5.41) is 2.74. The van der Waals surface area contributed by atoms with Crippen molar-refractivity contribution in [2.45, 2.75) is 25.9 Å². The zero-order valence-corrected chi connectivity index (χ0v) is 17.6. The number of ether oxygens (including phenoxy) is 2. The quantitative estimate of drug-likeness (QED) is 0.747. The molecule has 2 aromatic rings. The Morgan fingerprint density at radius 2 is 1.79 bits per heavy atom. The molecule has 0 bridgehead atoms. The first-order chi connectivity index (χ1) is 13.7. The maximum Gasteiger partial charge on any atom is 0.240 e. The van der Waals surface area contributed by atoms with E-state index >= 15 is 0 Å². The molecule has 1 atom stereocenters. The Morgan fingerprint density at radius 1 is 1.14 bits per heavy atom. The van der Waals surface area contributed by atoms with Crippen LogP contribution in [0.5, 0.6) is 11.5 Å². The van der Waals surface area contributed by atoms with E-state index in [4.69, 9.17) is 9.47 Å². The smallest absolute Gasteiger partial charge is 0.240 e. The minimum Gasteiger partial charge on any atom is -0.486 e. The lowest BCUT2D eigenvalue weighted by Gasteiger charge is -2.27. The van der Waals surface area contributed by atoms with E-state index in [0.29, 0.717) is 29.7 Å². The van der Waals surface area contributed by atoms with Crippen LogP contribution in [-0.4, -0.2) is 46.4 Å². The molecule has 1 aliphatic heterocycles. The first kappa shape index (κ1) is 21.0. The first-order valence-corrected chi connectivity index (χ1v) is 11.3. The van der Waals surface area contributed by atoms with Crippen molar-refractivity contribution in [2.75, 3.05) is 30.3 Å². The topological polar surface area (TPSA) is 84.9 Å². The molecule has 0 fully saturated rings. The van der Waals surface area contributed by atoms with Crippen molar-refractivity contribution in [3.8, 4) is 11.5 Å². The van der Waals surface area contributed by atoms with Crippen molar-refractivity contribution in [3.63, 3.8) is 0 Å². The Kier molecular flexibility index (Phi) is 6.32. The zero-order chi connectivity index (χ0) is 21.0. The first-order valence-electron chi connectivity index (χ1n) is 9.47. The summed E-state index contributed by atoms with van der Waals surface area (Å²) >= 11 is 0. The molecule has 1 heterocycles. The fourth-order valence-electron chi connectivity index (χ4n) is 3.00. The number of sulfonamides is 1. The Balaban J connectivity index is 1.61. The zero-order valence-electron chi connectivity index (χ0n) is 16.8. The number of amides is 1. The highest BCUT2D eigenvalue weighted by atomic mass is 32.2. The third kappa shape index (κ3) is 5.41. The second-order valence-corrected chi connectivity index (χ2v) is 9.22. The summed E-state index contributed by atoms with van der Waals surface area (Å²) in [6.45, 7) is 4.35. The van der Waals surface area contributed by atoms with Crippen molar-refractivity contribution >= 4 is 21.6 Å². The highest BCUT2D eigenvalue weighted by Crippen LogP contribution is 2.30. The number of carbonyl (C=O) groups excluding carboxylic acids is 1. The summed E-state index contributed by atoms with van der Waals surface area (Å²) in [4.78, 5) is 12.4. The van der Waals surface area contributed by atoms with Gasteiger partial charge in [0.15, 0.2) is 11.5 Å². The van der Waals surface area contributed by atoms with Gasteiger partial charge in [0.1, 0.15) is 19.3 Å². The Morgan fingerprint density at radius 3 is 2.41 bits per heavy atom. The molecule has 8 heteroatoms. The molecule has 7 nitrogen and oxygen atoms in total. The standard InChI is InChI=1S/C21H26N2O5S/c1-15(2)16-8-10-17(11-9-16)23(29(3,25)26)13-21(24)22-12-18-14-27-19-6-4-5-7-20(19)28-18/h4-11,15,18H,12-14H2,1-3H3,(H,22,24). The number of hydrogen-bond acceptors (Lipinski definition) is 5. The van der Waals surface area contributed by atoms with Crippen molar-refractivity contribution in [3.05, 3.63) is 54.1 Å². The van der Waals surface area contributed by atoms with E-state index in [1.807, 2.05) is 30.3 Å². The molecule has 1 aliphatic rings. The summed E-state index contributed by atoms with van der Waals surface area (Å²) in [6.07, 6.45) is 0.747. The third-order valence-electron chi connectivity index (χ3n) is 4.63. The van der Waals surface area contributed by atoms with Gasteiger partial charge in [0.05, 0.1) is 18.5 Å². The molecule has 1 amide bonds. The average molecular weight is 419 g/mol. The molecule has 1 N–H and O–H groups in total. The highest BCUT2D eigenvalue weighted by Gasteiger charge is 2.24. The average Bonchev–Trinajstić information content (AvgIpc) is 2.69. The van der Waals surface area contributed by atoms with Crippen LogP contribution in [0.15, 0.2) is 48.5 Å². The fourth-order valence-corrected chi connectivity index (χ4v) is 3.86. The molecule has 0 spiro atoms. The number of hydrogen-bond donors (Lipinski definition) is 1. The molecule has 0 radical (unpaired) electrons. The minimum atomic E-state index is -3.61. The number of nitrogens with zero attached hydrogens (tertiary/aromatic N) is 1. The Hall–Kier alpha value is -2.74. The molecule has 0 saturated carbocycles. The normalized spacial score (nSPS) is 15.8. The van der Waals surface area contributed by atoms with Gasteiger partial charge in [-0.15, -0.1) is 0 Å². The van der Waals surface area contributed by atoms with Gasteiger partial charge in [-0.3, -0.25) is 9.10 Å². The molecule has 0 saturated heterocycles. The lowest BCUT2D eigenvalue weighted by atomic mass is 10.0. The summed E-state index contributed by atoms with van der Waals surface area (Å²) < 4.78 is 37.0. The SMILES string of the molecule is CC(C)c1ccc(N(CC(=O)NCC2COc3ccccc3O2)S(C)(=O)=O)cc1. The van der Waals surface area contributed by atoms with Crippen LogP contribution in [0.1, 0.15) is 25.3 Å². The molecule has 2 aromatic carbocycles. The van der Waals surface area contributed by atoms with Gasteiger partial charge in [-0.25, -0.2) is 8.42 Å². The number of rotatable bonds is 7. The molecule has 29 heavy (non-hydrogen) atoms. The van der Waals surface area contributed by atoms with Crippen LogP contribution >= 0.6 is 0 Å². The van der Waals surface area contributed by atoms with E-state index in [0.717, 1.165) is 16.1 Å². The maximum absolute atomic E-state index is 12.4. The summed E-state index contributed by atoms with van der Waals surface area (Å²) in [6, 6.07) is 14.5. The van der Waals surface area contributed by atoms with E-state index in [1.54, 1.807) is 18.2 Å². The lowest BCUT2D eigenvalue weighted by Crippen LogP contribution is -2.45. The summed E-state index contributed by atoms with van der Waals surface area (Å²) in [5.74, 6) is 1.22. The Bertz CT molecular complexity index is 957. The largest absolute Gasteiger partial charge is 0.486 e. The van der Waals surface area contributed by atoms with Gasteiger partial charge in [0.25, 0.3) is 0 Å². The number of nitrogens with one attached hydrogen (secondary N) is 1. The molecule has 0 aromatic heterocycles. The summed E-state index contributed by atoms with van der Waals surface area (Å²) in [7, 11) is -3.61. The van der Waals surface area contributed by atoms with Crippen LogP contribution in [0, 0.1) is 0 Å². The molecule has 1 unspecified atom stereocenters. The van der Waals surface area contributed by atoms with Crippen molar-refractivity contribution in [2.24, 2.45) is 0 Å². The van der Waals surface area contributed by atoms with Crippen LogP contribution in [0.3, 0.4) is 0 Å². The van der Waals surface area contributed by atoms with Gasteiger partial charge in [0.2, 0.25) is 15.9 Å². The number of para-hydroxylation sites is 2. The molecule has 0 aliphatic carbocycles. The van der Waals surface area contributed by atoms with Crippen LogP contribution in [-0.2, 0) is 14.8 Å². The van der Waals surface area contributed by atoms with Crippen molar-refractivity contribution < 1.29 is 22.7 Å². The fraction of sp³-hybridized carbons (Fsp3) is 0.381. The van der Waals surface area contributed by atoms with Gasteiger partial charge >= 0.3 is 0 Å². The van der Waals surface area contributed by atoms with Gasteiger partial charge in [-0.05, 0) is 35.7 Å². The van der Waals surface area contributed by atoms with Gasteiger partial charge in [0, 0.05) is 0 Å². The van der Waals surface area contributed by atoms with Crippen LogP contribution in [0.4, 0.5) is 5.69 Å². The van der Waals surface area contributed by atoms with Crippen molar-refractivity contribution in [1.82, 2.24) is 5.32 Å². The predicted octanol–water partition coefficient (Wildman–Crippen LogP) is 2.53.